The van der Waals surface area contributed by atoms with Crippen molar-refractivity contribution in [3.05, 3.63) is 48.2 Å². The molecular formula is C14H20N2. The lowest BCUT2D eigenvalue weighted by molar-refractivity contribution is 0.0666. The van der Waals surface area contributed by atoms with E-state index in [1.165, 1.54) is 5.56 Å². The summed E-state index contributed by atoms with van der Waals surface area (Å²) in [4.78, 5) is 2.46. The fraction of sp³-hybridized carbons (Fsp3) is 0.429. The Bertz CT molecular complexity index is 368. The molecule has 2 rings (SSSR count). The summed E-state index contributed by atoms with van der Waals surface area (Å²) in [7, 11) is 0. The molecule has 1 heterocycles. The van der Waals surface area contributed by atoms with Crippen LogP contribution in [0.15, 0.2) is 42.6 Å². The fourth-order valence-corrected chi connectivity index (χ4v) is 2.20. The van der Waals surface area contributed by atoms with Crippen LogP contribution < -0.4 is 5.32 Å². The van der Waals surface area contributed by atoms with E-state index in [0.717, 1.165) is 25.2 Å². The lowest BCUT2D eigenvalue weighted by Crippen LogP contribution is -2.57. The molecule has 16 heavy (non-hydrogen) atoms. The maximum atomic E-state index is 4.01. The molecule has 1 aliphatic rings. The molecule has 1 fully saturated rings. The molecular weight excluding hydrogens is 196 g/mol. The minimum atomic E-state index is 0.00513. The second kappa shape index (κ2) is 4.30. The topological polar surface area (TPSA) is 15.3 Å². The van der Waals surface area contributed by atoms with E-state index in [1.807, 2.05) is 0 Å². The summed E-state index contributed by atoms with van der Waals surface area (Å²) in [6, 6.07) is 10.6. The molecule has 1 N–H and O–H groups in total. The second-order valence-electron chi connectivity index (χ2n) is 4.94. The van der Waals surface area contributed by atoms with Crippen LogP contribution in [-0.2, 0) is 6.54 Å². The third kappa shape index (κ3) is 2.45. The standard InChI is InChI=1S/C14H20N2/c1-12-9-10-16(14(2,3)15-12)11-13-7-5-4-6-8-13/h4-8,15H,1,9-11H2,2-3H3. The molecule has 2 heteroatoms. The van der Waals surface area contributed by atoms with Crippen LogP contribution in [0.3, 0.4) is 0 Å². The van der Waals surface area contributed by atoms with Gasteiger partial charge >= 0.3 is 0 Å². The predicted octanol–water partition coefficient (Wildman–Crippen LogP) is 2.73. The Morgan fingerprint density at radius 3 is 2.62 bits per heavy atom. The Kier molecular flexibility index (Phi) is 3.01. The van der Waals surface area contributed by atoms with Crippen molar-refractivity contribution in [3.8, 4) is 0 Å². The minimum absolute atomic E-state index is 0.00513. The van der Waals surface area contributed by atoms with Crippen molar-refractivity contribution >= 4 is 0 Å². The quantitative estimate of drug-likeness (QED) is 0.817. The van der Waals surface area contributed by atoms with Crippen LogP contribution in [-0.4, -0.2) is 17.1 Å². The van der Waals surface area contributed by atoms with E-state index in [0.29, 0.717) is 0 Å². The number of nitrogens with zero attached hydrogens (tertiary/aromatic N) is 1. The van der Waals surface area contributed by atoms with Crippen LogP contribution in [0, 0.1) is 0 Å². The molecule has 86 valence electrons. The summed E-state index contributed by atoms with van der Waals surface area (Å²) in [5, 5.41) is 3.46. The van der Waals surface area contributed by atoms with Crippen LogP contribution >= 0.6 is 0 Å². The molecule has 0 bridgehead atoms. The highest BCUT2D eigenvalue weighted by Gasteiger charge is 2.30. The fourth-order valence-electron chi connectivity index (χ4n) is 2.20. The van der Waals surface area contributed by atoms with Crippen molar-refractivity contribution in [1.29, 1.82) is 0 Å². The van der Waals surface area contributed by atoms with E-state index in [9.17, 15) is 0 Å². The van der Waals surface area contributed by atoms with Crippen LogP contribution in [0.1, 0.15) is 25.8 Å². The zero-order valence-corrected chi connectivity index (χ0v) is 10.2. The average molecular weight is 216 g/mol. The van der Waals surface area contributed by atoms with Gasteiger partial charge in [0.25, 0.3) is 0 Å². The molecule has 1 aromatic carbocycles. The largest absolute Gasteiger partial charge is 0.371 e. The van der Waals surface area contributed by atoms with Gasteiger partial charge in [0.2, 0.25) is 0 Å². The molecule has 2 nitrogen and oxygen atoms in total. The monoisotopic (exact) mass is 216 g/mol. The van der Waals surface area contributed by atoms with Gasteiger partial charge < -0.3 is 5.32 Å². The van der Waals surface area contributed by atoms with Gasteiger partial charge in [-0.1, -0.05) is 36.9 Å². The zero-order valence-electron chi connectivity index (χ0n) is 10.2. The van der Waals surface area contributed by atoms with E-state index in [4.69, 9.17) is 0 Å². The molecule has 0 unspecified atom stereocenters. The van der Waals surface area contributed by atoms with Gasteiger partial charge in [-0.05, 0) is 25.8 Å². The van der Waals surface area contributed by atoms with Crippen molar-refractivity contribution in [2.75, 3.05) is 6.54 Å². The molecule has 1 saturated heterocycles. The third-order valence-corrected chi connectivity index (χ3v) is 3.17. The van der Waals surface area contributed by atoms with Crippen molar-refractivity contribution in [1.82, 2.24) is 10.2 Å². The van der Waals surface area contributed by atoms with E-state index in [1.54, 1.807) is 0 Å². The molecule has 0 amide bonds. The first kappa shape index (κ1) is 11.2. The van der Waals surface area contributed by atoms with Gasteiger partial charge in [0, 0.05) is 18.8 Å². The molecule has 1 aliphatic heterocycles. The maximum absolute atomic E-state index is 4.01. The first-order chi connectivity index (χ1) is 7.58. The van der Waals surface area contributed by atoms with Crippen molar-refractivity contribution < 1.29 is 0 Å². The SMILES string of the molecule is C=C1CCN(Cc2ccccc2)C(C)(C)N1. The molecule has 1 aromatic rings. The maximum Gasteiger partial charge on any atom is 0.0849 e. The predicted molar refractivity (Wildman–Crippen MR) is 67.8 cm³/mol. The lowest BCUT2D eigenvalue weighted by Gasteiger charge is -2.44. The Labute approximate surface area is 98.0 Å². The van der Waals surface area contributed by atoms with Crippen LogP contribution in [0.4, 0.5) is 0 Å². The molecule has 0 spiro atoms. The third-order valence-electron chi connectivity index (χ3n) is 3.17. The van der Waals surface area contributed by atoms with E-state index >= 15 is 0 Å². The number of hydrogen-bond donors (Lipinski definition) is 1. The number of rotatable bonds is 2. The van der Waals surface area contributed by atoms with Gasteiger partial charge in [0.05, 0.1) is 5.66 Å². The lowest BCUT2D eigenvalue weighted by atomic mass is 10.1. The number of hydrogen-bond acceptors (Lipinski definition) is 2. The summed E-state index contributed by atoms with van der Waals surface area (Å²) < 4.78 is 0. The second-order valence-corrected chi connectivity index (χ2v) is 4.94. The van der Waals surface area contributed by atoms with Gasteiger partial charge in [-0.25, -0.2) is 0 Å². The smallest absolute Gasteiger partial charge is 0.0849 e. The minimum Gasteiger partial charge on any atom is -0.371 e. The van der Waals surface area contributed by atoms with E-state index < -0.39 is 0 Å². The molecule has 0 saturated carbocycles. The summed E-state index contributed by atoms with van der Waals surface area (Å²) in [5.74, 6) is 0. The van der Waals surface area contributed by atoms with Crippen molar-refractivity contribution in [3.63, 3.8) is 0 Å². The highest BCUT2D eigenvalue weighted by Crippen LogP contribution is 2.22. The first-order valence-corrected chi connectivity index (χ1v) is 5.83. The molecule has 0 radical (unpaired) electrons. The summed E-state index contributed by atoms with van der Waals surface area (Å²) in [6.07, 6.45) is 1.04. The van der Waals surface area contributed by atoms with Crippen LogP contribution in [0.5, 0.6) is 0 Å². The molecule has 0 aliphatic carbocycles. The van der Waals surface area contributed by atoms with Gasteiger partial charge in [0.15, 0.2) is 0 Å². The first-order valence-electron chi connectivity index (χ1n) is 5.83. The highest BCUT2D eigenvalue weighted by atomic mass is 15.3. The van der Waals surface area contributed by atoms with Gasteiger partial charge in [0.1, 0.15) is 0 Å². The Morgan fingerprint density at radius 1 is 1.31 bits per heavy atom. The van der Waals surface area contributed by atoms with Crippen molar-refractivity contribution in [2.24, 2.45) is 0 Å². The zero-order chi connectivity index (χ0) is 11.6. The molecule has 0 aromatic heterocycles. The Balaban J connectivity index is 2.07. The number of nitrogens with one attached hydrogen (secondary N) is 1. The van der Waals surface area contributed by atoms with E-state index in [-0.39, 0.29) is 5.66 Å². The van der Waals surface area contributed by atoms with Crippen LogP contribution in [0.2, 0.25) is 0 Å². The Morgan fingerprint density at radius 2 is 2.00 bits per heavy atom. The normalized spacial score (nSPS) is 20.5. The summed E-state index contributed by atoms with van der Waals surface area (Å²) in [5.41, 5.74) is 2.52. The van der Waals surface area contributed by atoms with E-state index in [2.05, 4.69) is 61.0 Å². The average Bonchev–Trinajstić information content (AvgIpc) is 2.23. The number of benzene rings is 1. The molecule has 0 atom stereocenters. The van der Waals surface area contributed by atoms with Gasteiger partial charge in [-0.3, -0.25) is 4.90 Å². The van der Waals surface area contributed by atoms with Gasteiger partial charge in [-0.15, -0.1) is 0 Å². The summed E-state index contributed by atoms with van der Waals surface area (Å²) >= 11 is 0. The summed E-state index contributed by atoms with van der Waals surface area (Å²) in [6.45, 7) is 10.5. The van der Waals surface area contributed by atoms with Crippen LogP contribution in [0.25, 0.3) is 0 Å². The van der Waals surface area contributed by atoms with Crippen molar-refractivity contribution in [2.45, 2.75) is 32.5 Å². The Hall–Kier alpha value is -1.28. The van der Waals surface area contributed by atoms with Gasteiger partial charge in [-0.2, -0.15) is 0 Å². The highest BCUT2D eigenvalue weighted by molar-refractivity contribution is 5.15.